The van der Waals surface area contributed by atoms with Crippen LogP contribution in [0.15, 0.2) is 6.20 Å². The maximum atomic E-state index is 5.39. The lowest BCUT2D eigenvalue weighted by atomic mass is 10.2. The zero-order chi connectivity index (χ0) is 11.4. The van der Waals surface area contributed by atoms with Gasteiger partial charge in [-0.2, -0.15) is 0 Å². The highest BCUT2D eigenvalue weighted by Gasteiger charge is 2.20. The van der Waals surface area contributed by atoms with E-state index >= 15 is 0 Å². The Morgan fingerprint density at radius 3 is 2.94 bits per heavy atom. The fourth-order valence-electron chi connectivity index (χ4n) is 1.45. The Labute approximate surface area is 96.4 Å². The van der Waals surface area contributed by atoms with Crippen LogP contribution in [0, 0.1) is 6.92 Å². The topological polar surface area (TPSA) is 47.0 Å². The fourth-order valence-corrected chi connectivity index (χ4v) is 1.45. The van der Waals surface area contributed by atoms with Gasteiger partial charge in [0, 0.05) is 30.0 Å². The Hall–Kier alpha value is -1.16. The molecule has 1 aliphatic carbocycles. The third-order valence-electron chi connectivity index (χ3n) is 2.65. The molecule has 0 atom stereocenters. The Bertz CT molecular complexity index is 350. The molecular weight excluding hydrogens is 202 g/mol. The first-order chi connectivity index (χ1) is 7.79. The molecule has 0 saturated heterocycles. The summed E-state index contributed by atoms with van der Waals surface area (Å²) in [6.45, 7) is 5.62. The van der Waals surface area contributed by atoms with Gasteiger partial charge in [0.15, 0.2) is 0 Å². The first-order valence-corrected chi connectivity index (χ1v) is 5.98. The fraction of sp³-hybridized carbons (Fsp3) is 0.667. The molecule has 0 bridgehead atoms. The quantitative estimate of drug-likeness (QED) is 0.796. The molecule has 0 unspecified atom stereocenters. The van der Waals surface area contributed by atoms with Crippen molar-refractivity contribution in [3.05, 3.63) is 17.5 Å². The van der Waals surface area contributed by atoms with Gasteiger partial charge in [0.1, 0.15) is 0 Å². The molecule has 2 rings (SSSR count). The molecule has 0 radical (unpaired) electrons. The third kappa shape index (κ3) is 3.17. The summed E-state index contributed by atoms with van der Waals surface area (Å²) in [5, 5.41) is 3.46. The average molecular weight is 221 g/mol. The summed E-state index contributed by atoms with van der Waals surface area (Å²) >= 11 is 0. The third-order valence-corrected chi connectivity index (χ3v) is 2.65. The largest absolute Gasteiger partial charge is 0.463 e. The van der Waals surface area contributed by atoms with Crippen molar-refractivity contribution in [2.75, 3.05) is 6.61 Å². The second-order valence-electron chi connectivity index (χ2n) is 4.27. The number of nitrogens with one attached hydrogen (secondary N) is 1. The van der Waals surface area contributed by atoms with Crippen LogP contribution in [0.5, 0.6) is 6.01 Å². The first kappa shape index (κ1) is 11.3. The lowest BCUT2D eigenvalue weighted by Gasteiger charge is -2.08. The summed E-state index contributed by atoms with van der Waals surface area (Å²) in [4.78, 5) is 8.54. The van der Waals surface area contributed by atoms with Crippen LogP contribution in [0.25, 0.3) is 0 Å². The van der Waals surface area contributed by atoms with Gasteiger partial charge < -0.3 is 10.1 Å². The van der Waals surface area contributed by atoms with E-state index < -0.39 is 0 Å². The average Bonchev–Trinajstić information content (AvgIpc) is 3.09. The highest BCUT2D eigenvalue weighted by Crippen LogP contribution is 2.19. The van der Waals surface area contributed by atoms with Crippen LogP contribution in [-0.4, -0.2) is 22.6 Å². The molecule has 1 aliphatic rings. The molecule has 1 fully saturated rings. The monoisotopic (exact) mass is 221 g/mol. The summed E-state index contributed by atoms with van der Waals surface area (Å²) in [6.07, 6.45) is 5.45. The Balaban J connectivity index is 1.92. The van der Waals surface area contributed by atoms with E-state index in [1.165, 1.54) is 12.8 Å². The number of ether oxygens (including phenoxy) is 1. The minimum Gasteiger partial charge on any atom is -0.463 e. The van der Waals surface area contributed by atoms with Gasteiger partial charge in [-0.3, -0.25) is 0 Å². The van der Waals surface area contributed by atoms with E-state index in [-0.39, 0.29) is 0 Å². The molecular formula is C12H19N3O. The van der Waals surface area contributed by atoms with Crippen LogP contribution in [-0.2, 0) is 6.54 Å². The van der Waals surface area contributed by atoms with Gasteiger partial charge in [-0.25, -0.2) is 9.97 Å². The van der Waals surface area contributed by atoms with Crippen molar-refractivity contribution in [3.63, 3.8) is 0 Å². The van der Waals surface area contributed by atoms with Gasteiger partial charge in [-0.1, -0.05) is 6.92 Å². The Morgan fingerprint density at radius 1 is 1.50 bits per heavy atom. The summed E-state index contributed by atoms with van der Waals surface area (Å²) in [6, 6.07) is 1.21. The molecule has 0 aliphatic heterocycles. The van der Waals surface area contributed by atoms with E-state index in [2.05, 4.69) is 22.2 Å². The van der Waals surface area contributed by atoms with E-state index in [1.54, 1.807) is 0 Å². The molecule has 0 aromatic carbocycles. The van der Waals surface area contributed by atoms with Crippen molar-refractivity contribution in [1.29, 1.82) is 0 Å². The summed E-state index contributed by atoms with van der Waals surface area (Å²) < 4.78 is 5.39. The first-order valence-electron chi connectivity index (χ1n) is 5.98. The smallest absolute Gasteiger partial charge is 0.316 e. The second kappa shape index (κ2) is 5.25. The summed E-state index contributed by atoms with van der Waals surface area (Å²) in [5.74, 6) is 0. The predicted octanol–water partition coefficient (Wildman–Crippen LogP) is 1.83. The van der Waals surface area contributed by atoms with Crippen LogP contribution >= 0.6 is 0 Å². The lowest BCUT2D eigenvalue weighted by molar-refractivity contribution is 0.291. The van der Waals surface area contributed by atoms with Crippen molar-refractivity contribution >= 4 is 0 Å². The molecule has 0 amide bonds. The van der Waals surface area contributed by atoms with Crippen LogP contribution in [0.2, 0.25) is 0 Å². The van der Waals surface area contributed by atoms with Gasteiger partial charge in [-0.15, -0.1) is 0 Å². The SMILES string of the molecule is CCCOc1ncc(CNC2CC2)c(C)n1. The zero-order valence-electron chi connectivity index (χ0n) is 9.99. The molecule has 4 heteroatoms. The Kier molecular flexibility index (Phi) is 3.72. The number of aromatic nitrogens is 2. The standard InChI is InChI=1S/C12H19N3O/c1-3-6-16-12-14-8-10(9(2)15-12)7-13-11-4-5-11/h8,11,13H,3-7H2,1-2H3. The number of rotatable bonds is 6. The van der Waals surface area contributed by atoms with Gasteiger partial charge in [0.05, 0.1) is 6.61 Å². The molecule has 16 heavy (non-hydrogen) atoms. The van der Waals surface area contributed by atoms with E-state index in [1.807, 2.05) is 13.1 Å². The molecule has 1 aromatic heterocycles. The molecule has 1 aromatic rings. The highest BCUT2D eigenvalue weighted by atomic mass is 16.5. The van der Waals surface area contributed by atoms with Gasteiger partial charge in [-0.05, 0) is 26.2 Å². The van der Waals surface area contributed by atoms with Gasteiger partial charge >= 0.3 is 6.01 Å². The van der Waals surface area contributed by atoms with E-state index in [4.69, 9.17) is 4.74 Å². The molecule has 1 N–H and O–H groups in total. The number of hydrogen-bond acceptors (Lipinski definition) is 4. The molecule has 1 heterocycles. The number of hydrogen-bond donors (Lipinski definition) is 1. The minimum atomic E-state index is 0.495. The molecule has 0 spiro atoms. The maximum absolute atomic E-state index is 5.39. The van der Waals surface area contributed by atoms with E-state index in [0.717, 1.165) is 30.3 Å². The van der Waals surface area contributed by atoms with Gasteiger partial charge in [0.2, 0.25) is 0 Å². The second-order valence-corrected chi connectivity index (χ2v) is 4.27. The normalized spacial score (nSPS) is 15.1. The molecule has 4 nitrogen and oxygen atoms in total. The van der Waals surface area contributed by atoms with Crippen LogP contribution < -0.4 is 10.1 Å². The lowest BCUT2D eigenvalue weighted by Crippen LogP contribution is -2.17. The number of aryl methyl sites for hydroxylation is 1. The summed E-state index contributed by atoms with van der Waals surface area (Å²) in [5.41, 5.74) is 2.17. The number of nitrogens with zero attached hydrogens (tertiary/aromatic N) is 2. The van der Waals surface area contributed by atoms with Crippen molar-refractivity contribution in [2.24, 2.45) is 0 Å². The summed E-state index contributed by atoms with van der Waals surface area (Å²) in [7, 11) is 0. The van der Waals surface area contributed by atoms with E-state index in [9.17, 15) is 0 Å². The van der Waals surface area contributed by atoms with Crippen LogP contribution in [0.3, 0.4) is 0 Å². The molecule has 88 valence electrons. The van der Waals surface area contributed by atoms with Gasteiger partial charge in [0.25, 0.3) is 0 Å². The van der Waals surface area contributed by atoms with Crippen LogP contribution in [0.1, 0.15) is 37.4 Å². The van der Waals surface area contributed by atoms with Crippen molar-refractivity contribution in [3.8, 4) is 6.01 Å². The maximum Gasteiger partial charge on any atom is 0.316 e. The molecule has 1 saturated carbocycles. The van der Waals surface area contributed by atoms with Crippen molar-refractivity contribution < 1.29 is 4.74 Å². The Morgan fingerprint density at radius 2 is 2.31 bits per heavy atom. The minimum absolute atomic E-state index is 0.495. The van der Waals surface area contributed by atoms with Crippen molar-refractivity contribution in [2.45, 2.75) is 45.7 Å². The zero-order valence-corrected chi connectivity index (χ0v) is 9.99. The van der Waals surface area contributed by atoms with Crippen LogP contribution in [0.4, 0.5) is 0 Å². The van der Waals surface area contributed by atoms with Crippen molar-refractivity contribution in [1.82, 2.24) is 15.3 Å². The highest BCUT2D eigenvalue weighted by molar-refractivity contribution is 5.17. The van der Waals surface area contributed by atoms with E-state index in [0.29, 0.717) is 12.6 Å². The predicted molar refractivity (Wildman–Crippen MR) is 62.4 cm³/mol.